The number of hydrogen-bond donors (Lipinski definition) is 2. The lowest BCUT2D eigenvalue weighted by Crippen LogP contribution is -2.46. The maximum absolute atomic E-state index is 13.3. The Labute approximate surface area is 161 Å². The highest BCUT2D eigenvalue weighted by Crippen LogP contribution is 2.26. The van der Waals surface area contributed by atoms with E-state index >= 15 is 0 Å². The second kappa shape index (κ2) is 8.37. The number of ether oxygens (including phenoxy) is 1. The number of nitrogens with one attached hydrogen (secondary N) is 1. The molecule has 3 amide bonds. The van der Waals surface area contributed by atoms with Gasteiger partial charge < -0.3 is 20.7 Å². The van der Waals surface area contributed by atoms with Crippen molar-refractivity contribution in [2.24, 2.45) is 5.73 Å². The Hall–Kier alpha value is -2.64. The molecule has 3 rings (SSSR count). The van der Waals surface area contributed by atoms with E-state index in [0.717, 1.165) is 11.1 Å². The molecule has 0 aromatic heterocycles. The van der Waals surface area contributed by atoms with Crippen LogP contribution in [0.4, 0.5) is 9.18 Å². The van der Waals surface area contributed by atoms with E-state index in [1.807, 2.05) is 0 Å². The predicted octanol–water partition coefficient (Wildman–Crippen LogP) is 2.86. The van der Waals surface area contributed by atoms with Crippen LogP contribution in [-0.2, 0) is 11.3 Å². The molecule has 0 aliphatic carbocycles. The molecular weight excluding hydrogens is 373 g/mol. The molecule has 27 heavy (non-hydrogen) atoms. The molecule has 1 aliphatic heterocycles. The van der Waals surface area contributed by atoms with E-state index < -0.39 is 11.7 Å². The Morgan fingerprint density at radius 1 is 1.26 bits per heavy atom. The molecule has 3 N–H and O–H groups in total. The van der Waals surface area contributed by atoms with Gasteiger partial charge in [-0.3, -0.25) is 4.79 Å². The number of primary amides is 1. The molecule has 2 aromatic rings. The van der Waals surface area contributed by atoms with Gasteiger partial charge >= 0.3 is 6.03 Å². The molecule has 0 spiro atoms. The number of urea groups is 1. The van der Waals surface area contributed by atoms with E-state index in [9.17, 15) is 14.0 Å². The van der Waals surface area contributed by atoms with Crippen LogP contribution in [0, 0.1) is 5.82 Å². The third-order valence-electron chi connectivity index (χ3n) is 4.35. The van der Waals surface area contributed by atoms with E-state index in [2.05, 4.69) is 5.32 Å². The van der Waals surface area contributed by atoms with Crippen LogP contribution in [0.2, 0.25) is 5.02 Å². The Balaban J connectivity index is 1.57. The van der Waals surface area contributed by atoms with E-state index in [1.54, 1.807) is 35.2 Å². The summed E-state index contributed by atoms with van der Waals surface area (Å²) < 4.78 is 19.0. The first-order chi connectivity index (χ1) is 12.9. The predicted molar refractivity (Wildman–Crippen MR) is 98.9 cm³/mol. The van der Waals surface area contributed by atoms with Gasteiger partial charge in [0.15, 0.2) is 0 Å². The molecule has 8 heteroatoms. The maximum Gasteiger partial charge on any atom is 0.317 e. The molecule has 1 heterocycles. The lowest BCUT2D eigenvalue weighted by molar-refractivity contribution is -0.0155. The molecule has 0 unspecified atom stereocenters. The quantitative estimate of drug-likeness (QED) is 0.840. The molecule has 6 nitrogen and oxygen atoms in total. The molecule has 142 valence electrons. The zero-order valence-electron chi connectivity index (χ0n) is 14.5. The van der Waals surface area contributed by atoms with Crippen LogP contribution in [0.1, 0.15) is 27.6 Å². The molecule has 1 saturated heterocycles. The Morgan fingerprint density at radius 2 is 2.00 bits per heavy atom. The van der Waals surface area contributed by atoms with E-state index in [-0.39, 0.29) is 17.2 Å². The summed E-state index contributed by atoms with van der Waals surface area (Å²) in [7, 11) is 0. The van der Waals surface area contributed by atoms with Gasteiger partial charge in [0.25, 0.3) is 0 Å². The minimum atomic E-state index is -0.495. The van der Waals surface area contributed by atoms with Crippen molar-refractivity contribution >= 4 is 23.5 Å². The fourth-order valence-corrected chi connectivity index (χ4v) is 3.01. The van der Waals surface area contributed by atoms with Crippen LogP contribution >= 0.6 is 11.6 Å². The van der Waals surface area contributed by atoms with Gasteiger partial charge in [0, 0.05) is 18.7 Å². The van der Waals surface area contributed by atoms with Crippen molar-refractivity contribution in [2.45, 2.75) is 12.6 Å². The number of halogens is 2. The summed E-state index contributed by atoms with van der Waals surface area (Å²) in [6, 6.07) is 10.9. The van der Waals surface area contributed by atoms with E-state index in [1.165, 1.54) is 12.1 Å². The third kappa shape index (κ3) is 4.75. The van der Waals surface area contributed by atoms with Gasteiger partial charge in [-0.2, -0.15) is 0 Å². The first kappa shape index (κ1) is 19.1. The molecule has 2 aromatic carbocycles. The van der Waals surface area contributed by atoms with Crippen LogP contribution in [0.15, 0.2) is 42.5 Å². The number of benzene rings is 2. The average Bonchev–Trinajstić information content (AvgIpc) is 2.68. The van der Waals surface area contributed by atoms with Crippen molar-refractivity contribution in [3.05, 3.63) is 70.0 Å². The molecule has 0 saturated carbocycles. The standard InChI is InChI=1S/C19H19ClFN3O3/c20-15-9-14(5-6-16(15)21)17-11-24(7-8-27-17)19(26)23-10-12-1-3-13(4-2-12)18(22)25/h1-6,9,17H,7-8,10-11H2,(H2,22,25)(H,23,26)/t17-/m1/s1. The lowest BCUT2D eigenvalue weighted by atomic mass is 10.1. The van der Waals surface area contributed by atoms with Crippen LogP contribution in [0.25, 0.3) is 0 Å². The Morgan fingerprint density at radius 3 is 2.67 bits per heavy atom. The number of amides is 3. The molecule has 1 atom stereocenters. The van der Waals surface area contributed by atoms with Crippen LogP contribution < -0.4 is 11.1 Å². The number of carbonyl (C=O) groups excluding carboxylic acids is 2. The van der Waals surface area contributed by atoms with Gasteiger partial charge in [0.1, 0.15) is 11.9 Å². The zero-order chi connectivity index (χ0) is 19.4. The fraction of sp³-hybridized carbons (Fsp3) is 0.263. The number of morpholine rings is 1. The maximum atomic E-state index is 13.3. The van der Waals surface area contributed by atoms with Gasteiger partial charge in [-0.25, -0.2) is 9.18 Å². The fourth-order valence-electron chi connectivity index (χ4n) is 2.82. The summed E-state index contributed by atoms with van der Waals surface area (Å²) in [5.41, 5.74) is 7.20. The van der Waals surface area contributed by atoms with Gasteiger partial charge in [-0.15, -0.1) is 0 Å². The van der Waals surface area contributed by atoms with Crippen molar-refractivity contribution in [1.29, 1.82) is 0 Å². The second-order valence-corrected chi connectivity index (χ2v) is 6.61. The summed E-state index contributed by atoms with van der Waals surface area (Å²) >= 11 is 5.83. The van der Waals surface area contributed by atoms with Gasteiger partial charge in [0.2, 0.25) is 5.91 Å². The van der Waals surface area contributed by atoms with E-state index in [0.29, 0.717) is 31.8 Å². The highest BCUT2D eigenvalue weighted by atomic mass is 35.5. The Kier molecular flexibility index (Phi) is 5.93. The van der Waals surface area contributed by atoms with Crippen molar-refractivity contribution in [3.63, 3.8) is 0 Å². The molecular formula is C19H19ClFN3O3. The summed E-state index contributed by atoms with van der Waals surface area (Å²) in [6.07, 6.45) is -0.363. The highest BCUT2D eigenvalue weighted by molar-refractivity contribution is 6.30. The van der Waals surface area contributed by atoms with E-state index in [4.69, 9.17) is 22.1 Å². The highest BCUT2D eigenvalue weighted by Gasteiger charge is 2.25. The van der Waals surface area contributed by atoms with Crippen LogP contribution in [-0.4, -0.2) is 36.5 Å². The minimum absolute atomic E-state index is 0.0251. The monoisotopic (exact) mass is 391 g/mol. The first-order valence-electron chi connectivity index (χ1n) is 8.42. The molecule has 0 bridgehead atoms. The van der Waals surface area contributed by atoms with Crippen molar-refractivity contribution in [2.75, 3.05) is 19.7 Å². The molecule has 1 fully saturated rings. The van der Waals surface area contributed by atoms with Crippen molar-refractivity contribution in [3.8, 4) is 0 Å². The zero-order valence-corrected chi connectivity index (χ0v) is 15.2. The van der Waals surface area contributed by atoms with Crippen LogP contribution in [0.5, 0.6) is 0 Å². The normalized spacial score (nSPS) is 16.8. The van der Waals surface area contributed by atoms with Gasteiger partial charge in [-0.05, 0) is 35.4 Å². The first-order valence-corrected chi connectivity index (χ1v) is 8.80. The summed E-state index contributed by atoms with van der Waals surface area (Å²) in [6.45, 7) is 1.49. The molecule has 1 aliphatic rings. The summed E-state index contributed by atoms with van der Waals surface area (Å²) in [4.78, 5) is 25.2. The number of carbonyl (C=O) groups is 2. The number of nitrogens with two attached hydrogens (primary N) is 1. The van der Waals surface area contributed by atoms with Crippen molar-refractivity contribution in [1.82, 2.24) is 10.2 Å². The average molecular weight is 392 g/mol. The smallest absolute Gasteiger partial charge is 0.317 e. The third-order valence-corrected chi connectivity index (χ3v) is 4.64. The topological polar surface area (TPSA) is 84.7 Å². The lowest BCUT2D eigenvalue weighted by Gasteiger charge is -2.33. The Bertz CT molecular complexity index is 845. The van der Waals surface area contributed by atoms with Crippen LogP contribution in [0.3, 0.4) is 0 Å². The number of hydrogen-bond acceptors (Lipinski definition) is 3. The minimum Gasteiger partial charge on any atom is -0.370 e. The SMILES string of the molecule is NC(=O)c1ccc(CNC(=O)N2CCO[C@@H](c3ccc(F)c(Cl)c3)C2)cc1. The van der Waals surface area contributed by atoms with Gasteiger partial charge in [-0.1, -0.05) is 29.8 Å². The van der Waals surface area contributed by atoms with Crippen molar-refractivity contribution < 1.29 is 18.7 Å². The summed E-state index contributed by atoms with van der Waals surface area (Å²) in [5.74, 6) is -0.987. The number of rotatable bonds is 4. The largest absolute Gasteiger partial charge is 0.370 e. The molecule has 0 radical (unpaired) electrons. The van der Waals surface area contributed by atoms with Gasteiger partial charge in [0.05, 0.1) is 18.2 Å². The number of nitrogens with zero attached hydrogens (tertiary/aromatic N) is 1. The second-order valence-electron chi connectivity index (χ2n) is 6.20. The summed E-state index contributed by atoms with van der Waals surface area (Å²) in [5, 5.41) is 2.86.